The minimum absolute atomic E-state index is 0.298. The lowest BCUT2D eigenvalue weighted by atomic mass is 10.1. The van der Waals surface area contributed by atoms with Gasteiger partial charge in [-0.2, -0.15) is 0 Å². The number of hydrogen-bond donors (Lipinski definition) is 2. The summed E-state index contributed by atoms with van der Waals surface area (Å²) < 4.78 is 24.7. The van der Waals surface area contributed by atoms with Gasteiger partial charge in [-0.15, -0.1) is 0 Å². The van der Waals surface area contributed by atoms with Crippen molar-refractivity contribution < 1.29 is 8.42 Å². The van der Waals surface area contributed by atoms with Crippen molar-refractivity contribution in [1.82, 2.24) is 9.71 Å². The molecule has 1 heterocycles. The zero-order chi connectivity index (χ0) is 17.0. The van der Waals surface area contributed by atoms with E-state index in [1.165, 1.54) is 0 Å². The van der Waals surface area contributed by atoms with Gasteiger partial charge in [-0.25, -0.2) is 13.1 Å². The standard InChI is InChI=1S/C18H19N3O2S/c1-24(22,23)21-12-14-7-9-17(10-8-14)20-13-16-5-2-4-15-6-3-11-19-18(15)16/h2-11,20-21H,12-13H2,1H3. The van der Waals surface area contributed by atoms with Crippen LogP contribution in [0.1, 0.15) is 11.1 Å². The van der Waals surface area contributed by atoms with E-state index in [1.54, 1.807) is 6.20 Å². The monoisotopic (exact) mass is 341 g/mol. The molecule has 0 spiro atoms. The number of nitrogens with one attached hydrogen (secondary N) is 2. The molecular formula is C18H19N3O2S. The average molecular weight is 341 g/mol. The molecule has 2 N–H and O–H groups in total. The summed E-state index contributed by atoms with van der Waals surface area (Å²) in [5.41, 5.74) is 4.03. The number of para-hydroxylation sites is 1. The van der Waals surface area contributed by atoms with E-state index in [1.807, 2.05) is 36.4 Å². The van der Waals surface area contributed by atoms with Crippen LogP contribution in [-0.4, -0.2) is 19.7 Å². The smallest absolute Gasteiger partial charge is 0.209 e. The van der Waals surface area contributed by atoms with Crippen molar-refractivity contribution in [2.24, 2.45) is 0 Å². The molecule has 2 aromatic carbocycles. The van der Waals surface area contributed by atoms with E-state index in [2.05, 4.69) is 33.2 Å². The predicted octanol–water partition coefficient (Wildman–Crippen LogP) is 2.90. The van der Waals surface area contributed by atoms with E-state index in [9.17, 15) is 8.42 Å². The van der Waals surface area contributed by atoms with Gasteiger partial charge in [0.05, 0.1) is 11.8 Å². The zero-order valence-corrected chi connectivity index (χ0v) is 14.2. The van der Waals surface area contributed by atoms with Crippen LogP contribution in [0.15, 0.2) is 60.8 Å². The number of benzene rings is 2. The highest BCUT2D eigenvalue weighted by Gasteiger charge is 2.03. The Morgan fingerprint density at radius 1 is 0.958 bits per heavy atom. The fourth-order valence-corrected chi connectivity index (χ4v) is 2.89. The van der Waals surface area contributed by atoms with Gasteiger partial charge in [-0.3, -0.25) is 4.98 Å². The van der Waals surface area contributed by atoms with Crippen molar-refractivity contribution in [2.45, 2.75) is 13.1 Å². The third-order valence-corrected chi connectivity index (χ3v) is 4.36. The van der Waals surface area contributed by atoms with Crippen LogP contribution in [0, 0.1) is 0 Å². The van der Waals surface area contributed by atoms with E-state index < -0.39 is 10.0 Å². The maximum Gasteiger partial charge on any atom is 0.209 e. The Kier molecular flexibility index (Phi) is 4.78. The molecule has 0 saturated carbocycles. The fraction of sp³-hybridized carbons (Fsp3) is 0.167. The highest BCUT2D eigenvalue weighted by molar-refractivity contribution is 7.88. The predicted molar refractivity (Wildman–Crippen MR) is 97.2 cm³/mol. The molecule has 6 heteroatoms. The second-order valence-electron chi connectivity index (χ2n) is 5.64. The minimum Gasteiger partial charge on any atom is -0.381 e. The van der Waals surface area contributed by atoms with Crippen LogP contribution in [0.25, 0.3) is 10.9 Å². The largest absolute Gasteiger partial charge is 0.381 e. The average Bonchev–Trinajstić information content (AvgIpc) is 2.58. The molecule has 1 aromatic heterocycles. The molecular weight excluding hydrogens is 322 g/mol. The number of aromatic nitrogens is 1. The van der Waals surface area contributed by atoms with Gasteiger partial charge in [-0.05, 0) is 29.3 Å². The van der Waals surface area contributed by atoms with Crippen LogP contribution in [0.4, 0.5) is 5.69 Å². The molecule has 0 radical (unpaired) electrons. The summed E-state index contributed by atoms with van der Waals surface area (Å²) in [6, 6.07) is 17.8. The molecule has 24 heavy (non-hydrogen) atoms. The quantitative estimate of drug-likeness (QED) is 0.723. The lowest BCUT2D eigenvalue weighted by Crippen LogP contribution is -2.21. The molecule has 0 amide bonds. The van der Waals surface area contributed by atoms with Gasteiger partial charge < -0.3 is 5.32 Å². The zero-order valence-electron chi connectivity index (χ0n) is 13.4. The summed E-state index contributed by atoms with van der Waals surface area (Å²) >= 11 is 0. The van der Waals surface area contributed by atoms with Gasteiger partial charge in [0.25, 0.3) is 0 Å². The Labute approximate surface area is 141 Å². The van der Waals surface area contributed by atoms with Gasteiger partial charge >= 0.3 is 0 Å². The first-order valence-electron chi connectivity index (χ1n) is 7.61. The van der Waals surface area contributed by atoms with Crippen molar-refractivity contribution in [3.8, 4) is 0 Å². The molecule has 3 rings (SSSR count). The number of anilines is 1. The van der Waals surface area contributed by atoms with Crippen LogP contribution >= 0.6 is 0 Å². The molecule has 0 bridgehead atoms. The van der Waals surface area contributed by atoms with Gasteiger partial charge in [0, 0.05) is 30.4 Å². The molecule has 5 nitrogen and oxygen atoms in total. The number of nitrogens with zero attached hydrogens (tertiary/aromatic N) is 1. The highest BCUT2D eigenvalue weighted by Crippen LogP contribution is 2.18. The number of sulfonamides is 1. The summed E-state index contributed by atoms with van der Waals surface area (Å²) in [5.74, 6) is 0. The molecule has 0 aliphatic heterocycles. The van der Waals surface area contributed by atoms with Crippen LogP contribution in [-0.2, 0) is 23.1 Å². The third-order valence-electron chi connectivity index (χ3n) is 3.69. The van der Waals surface area contributed by atoms with Crippen molar-refractivity contribution in [2.75, 3.05) is 11.6 Å². The highest BCUT2D eigenvalue weighted by atomic mass is 32.2. The van der Waals surface area contributed by atoms with E-state index >= 15 is 0 Å². The molecule has 3 aromatic rings. The Morgan fingerprint density at radius 3 is 2.46 bits per heavy atom. The van der Waals surface area contributed by atoms with Crippen LogP contribution in [0.3, 0.4) is 0 Å². The van der Waals surface area contributed by atoms with Crippen molar-refractivity contribution in [3.05, 3.63) is 71.9 Å². The van der Waals surface area contributed by atoms with E-state index in [0.29, 0.717) is 13.1 Å². The Balaban J connectivity index is 1.66. The topological polar surface area (TPSA) is 71.1 Å². The Bertz CT molecular complexity index is 933. The molecule has 0 atom stereocenters. The summed E-state index contributed by atoms with van der Waals surface area (Å²) in [7, 11) is -3.17. The first-order chi connectivity index (χ1) is 11.5. The maximum absolute atomic E-state index is 11.1. The maximum atomic E-state index is 11.1. The van der Waals surface area contributed by atoms with Crippen LogP contribution in [0.5, 0.6) is 0 Å². The second-order valence-corrected chi connectivity index (χ2v) is 7.47. The van der Waals surface area contributed by atoms with E-state index in [0.717, 1.165) is 34.0 Å². The minimum atomic E-state index is -3.17. The summed E-state index contributed by atoms with van der Waals surface area (Å²) in [4.78, 5) is 4.45. The van der Waals surface area contributed by atoms with E-state index in [-0.39, 0.29) is 0 Å². The van der Waals surface area contributed by atoms with Crippen LogP contribution in [0.2, 0.25) is 0 Å². The van der Waals surface area contributed by atoms with Gasteiger partial charge in [0.2, 0.25) is 10.0 Å². The first kappa shape index (κ1) is 16.4. The molecule has 124 valence electrons. The van der Waals surface area contributed by atoms with E-state index in [4.69, 9.17) is 0 Å². The lowest BCUT2D eigenvalue weighted by molar-refractivity contribution is 0.587. The number of pyridine rings is 1. The number of rotatable bonds is 6. The SMILES string of the molecule is CS(=O)(=O)NCc1ccc(NCc2cccc3cccnc23)cc1. The third kappa shape index (κ3) is 4.31. The first-order valence-corrected chi connectivity index (χ1v) is 9.50. The van der Waals surface area contributed by atoms with Gasteiger partial charge in [0.1, 0.15) is 0 Å². The summed E-state index contributed by atoms with van der Waals surface area (Å²) in [5, 5.41) is 4.50. The normalized spacial score (nSPS) is 11.5. The van der Waals surface area contributed by atoms with Crippen molar-refractivity contribution in [3.63, 3.8) is 0 Å². The molecule has 0 saturated heterocycles. The summed E-state index contributed by atoms with van der Waals surface area (Å²) in [6.07, 6.45) is 2.95. The van der Waals surface area contributed by atoms with Crippen molar-refractivity contribution in [1.29, 1.82) is 0 Å². The Hall–Kier alpha value is -2.44. The lowest BCUT2D eigenvalue weighted by Gasteiger charge is -2.10. The van der Waals surface area contributed by atoms with Gasteiger partial charge in [0.15, 0.2) is 0 Å². The van der Waals surface area contributed by atoms with Crippen LogP contribution < -0.4 is 10.0 Å². The number of hydrogen-bond acceptors (Lipinski definition) is 4. The number of fused-ring (bicyclic) bond motifs is 1. The fourth-order valence-electron chi connectivity index (χ4n) is 2.46. The molecule has 0 unspecified atom stereocenters. The second kappa shape index (κ2) is 6.98. The molecule has 0 fully saturated rings. The van der Waals surface area contributed by atoms with Crippen molar-refractivity contribution >= 4 is 26.6 Å². The van der Waals surface area contributed by atoms with Gasteiger partial charge in [-0.1, -0.05) is 36.4 Å². The Morgan fingerprint density at radius 2 is 1.71 bits per heavy atom. The molecule has 0 aliphatic rings. The molecule has 0 aliphatic carbocycles. The summed E-state index contributed by atoms with van der Waals surface area (Å²) in [6.45, 7) is 0.974.